The van der Waals surface area contributed by atoms with E-state index in [1.54, 1.807) is 0 Å². The molecule has 0 N–H and O–H groups in total. The van der Waals surface area contributed by atoms with Gasteiger partial charge >= 0.3 is 80.5 Å². The van der Waals surface area contributed by atoms with Gasteiger partial charge in [-0.15, -0.1) is 0 Å². The van der Waals surface area contributed by atoms with Crippen LogP contribution < -0.4 is 0 Å². The molecule has 12 heavy (non-hydrogen) atoms. The Bertz CT molecular complexity index is 160. The Hall–Kier alpha value is 1.28. The Morgan fingerprint density at radius 3 is 1.17 bits per heavy atom. The van der Waals surface area contributed by atoms with Gasteiger partial charge in [0.15, 0.2) is 0 Å². The normalized spacial score (nSPS) is 37.8. The van der Waals surface area contributed by atoms with E-state index in [0.29, 0.717) is 26.4 Å². The van der Waals surface area contributed by atoms with Crippen molar-refractivity contribution in [3.8, 4) is 0 Å². The predicted octanol–water partition coefficient (Wildman–Crippen LogP) is 2.46. The second-order valence-corrected chi connectivity index (χ2v) is 14.6. The molecule has 0 saturated carbocycles. The summed E-state index contributed by atoms with van der Waals surface area (Å²) in [4.78, 5) is 0. The summed E-state index contributed by atoms with van der Waals surface area (Å²) in [7, 11) is 0. The summed E-state index contributed by atoms with van der Waals surface area (Å²) in [5, 5.41) is 0. The molecular weight excluding hydrogens is 245 g/mol. The molecule has 0 bridgehead atoms. The molecule has 0 amide bonds. The van der Waals surface area contributed by atoms with Crippen molar-refractivity contribution < 1.29 is 18.1 Å². The van der Waals surface area contributed by atoms with E-state index in [-0.39, 0.29) is 0 Å². The van der Waals surface area contributed by atoms with Gasteiger partial charge in [0.1, 0.15) is 0 Å². The summed E-state index contributed by atoms with van der Waals surface area (Å²) in [6.07, 6.45) is 0. The molecule has 0 unspecified atom stereocenters. The summed E-state index contributed by atoms with van der Waals surface area (Å²) >= 11 is 12.2. The Morgan fingerprint density at radius 2 is 0.917 bits per heavy atom. The van der Waals surface area contributed by atoms with Crippen LogP contribution in [0.25, 0.3) is 0 Å². The predicted molar refractivity (Wildman–Crippen MR) is 52.1 cm³/mol. The van der Waals surface area contributed by atoms with Crippen LogP contribution in [0.15, 0.2) is 0 Å². The zero-order valence-electron chi connectivity index (χ0n) is 6.22. The van der Waals surface area contributed by atoms with Crippen molar-refractivity contribution in [3.05, 3.63) is 0 Å². The van der Waals surface area contributed by atoms with Crippen molar-refractivity contribution in [2.75, 3.05) is 26.4 Å². The summed E-state index contributed by atoms with van der Waals surface area (Å²) in [6.45, 7) is -3.73. The first-order chi connectivity index (χ1) is 5.66. The molecule has 2 saturated heterocycles. The van der Waals surface area contributed by atoms with Crippen LogP contribution in [-0.4, -0.2) is 26.4 Å². The molecule has 0 atom stereocenters. The van der Waals surface area contributed by atoms with E-state index in [9.17, 15) is 0 Å². The maximum absolute atomic E-state index is 6.09. The van der Waals surface area contributed by atoms with Gasteiger partial charge in [-0.3, -0.25) is 0 Å². The van der Waals surface area contributed by atoms with Crippen molar-refractivity contribution in [1.82, 2.24) is 0 Å². The minimum atomic E-state index is -2.85. The molecular formula is C4H10Cl2O4P2. The minimum absolute atomic E-state index is 0.490. The second-order valence-electron chi connectivity index (χ2n) is 2.47. The van der Waals surface area contributed by atoms with Crippen LogP contribution in [0, 0.1) is 0 Å². The number of hydrogen-bond donors (Lipinski definition) is 0. The van der Waals surface area contributed by atoms with Crippen LogP contribution >= 0.6 is 36.0 Å². The summed E-state index contributed by atoms with van der Waals surface area (Å²) in [6, 6.07) is 0. The average Bonchev–Trinajstić information content (AvgIpc) is 2.60. The van der Waals surface area contributed by atoms with Crippen molar-refractivity contribution >= 4 is 36.0 Å². The molecule has 2 aliphatic rings. The van der Waals surface area contributed by atoms with E-state index in [1.807, 2.05) is 0 Å². The molecule has 0 spiro atoms. The van der Waals surface area contributed by atoms with Gasteiger partial charge in [-0.2, -0.15) is 0 Å². The van der Waals surface area contributed by atoms with Gasteiger partial charge in [-0.1, -0.05) is 0 Å². The Morgan fingerprint density at radius 1 is 0.667 bits per heavy atom. The van der Waals surface area contributed by atoms with Gasteiger partial charge in [0.05, 0.1) is 0 Å². The van der Waals surface area contributed by atoms with Crippen LogP contribution in [0.2, 0.25) is 0 Å². The fourth-order valence-corrected chi connectivity index (χ4v) is 9.54. The zero-order chi connectivity index (χ0) is 8.66. The first-order valence-corrected chi connectivity index (χ1v) is 10.3. The first kappa shape index (κ1) is 9.82. The van der Waals surface area contributed by atoms with Crippen molar-refractivity contribution in [1.29, 1.82) is 0 Å². The average molecular weight is 255 g/mol. The molecule has 2 rings (SSSR count). The molecule has 74 valence electrons. The molecule has 8 heteroatoms. The van der Waals surface area contributed by atoms with Gasteiger partial charge in [0, 0.05) is 0 Å². The molecule has 2 aliphatic heterocycles. The van der Waals surface area contributed by atoms with Crippen LogP contribution in [0.5, 0.6) is 0 Å². The van der Waals surface area contributed by atoms with E-state index in [0.717, 1.165) is 0 Å². The van der Waals surface area contributed by atoms with E-state index >= 15 is 0 Å². The second kappa shape index (κ2) is 3.45. The van der Waals surface area contributed by atoms with Crippen molar-refractivity contribution in [2.45, 2.75) is 0 Å². The van der Waals surface area contributed by atoms with E-state index in [4.69, 9.17) is 40.6 Å². The molecule has 0 aromatic rings. The maximum atomic E-state index is 6.09. The molecule has 0 aromatic carbocycles. The Kier molecular flexibility index (Phi) is 2.82. The standard InChI is InChI=1S/C4H10Cl2O4P2/c5-11(7-1-2-8-11)12(6)9-3-4-10-12/h11-12H,1-4H2. The van der Waals surface area contributed by atoms with E-state index in [2.05, 4.69) is 0 Å². The fraction of sp³-hybridized carbons (Fsp3) is 1.00. The Balaban J connectivity index is 2.14. The van der Waals surface area contributed by atoms with Crippen LogP contribution in [0.4, 0.5) is 0 Å². The van der Waals surface area contributed by atoms with Crippen molar-refractivity contribution in [3.63, 3.8) is 0 Å². The molecule has 4 nitrogen and oxygen atoms in total. The van der Waals surface area contributed by atoms with Crippen LogP contribution in [0.1, 0.15) is 0 Å². The molecule has 0 aliphatic carbocycles. The number of halogens is 2. The molecule has 0 aromatic heterocycles. The summed E-state index contributed by atoms with van der Waals surface area (Å²) < 4.78 is 21.2. The van der Waals surface area contributed by atoms with Gasteiger partial charge in [-0.25, -0.2) is 0 Å². The zero-order valence-corrected chi connectivity index (χ0v) is 9.73. The summed E-state index contributed by atoms with van der Waals surface area (Å²) in [5.74, 6) is 0. The van der Waals surface area contributed by atoms with Gasteiger partial charge < -0.3 is 0 Å². The fourth-order valence-electron chi connectivity index (χ4n) is 1.12. The Labute approximate surface area is 80.9 Å². The van der Waals surface area contributed by atoms with Gasteiger partial charge in [-0.05, 0) is 0 Å². The molecule has 2 fully saturated rings. The van der Waals surface area contributed by atoms with Gasteiger partial charge in [0.25, 0.3) is 0 Å². The van der Waals surface area contributed by atoms with E-state index in [1.165, 1.54) is 0 Å². The molecule has 2 heterocycles. The third-order valence-electron chi connectivity index (χ3n) is 1.67. The van der Waals surface area contributed by atoms with Crippen LogP contribution in [0.3, 0.4) is 0 Å². The topological polar surface area (TPSA) is 36.9 Å². The monoisotopic (exact) mass is 254 g/mol. The van der Waals surface area contributed by atoms with Crippen molar-refractivity contribution in [2.24, 2.45) is 0 Å². The third kappa shape index (κ3) is 1.49. The number of hydrogen-bond acceptors (Lipinski definition) is 4. The number of rotatable bonds is 1. The van der Waals surface area contributed by atoms with Crippen LogP contribution in [-0.2, 0) is 18.1 Å². The van der Waals surface area contributed by atoms with E-state index < -0.39 is 13.5 Å². The summed E-state index contributed by atoms with van der Waals surface area (Å²) in [5.41, 5.74) is 0. The first-order valence-electron chi connectivity index (χ1n) is 3.60. The molecule has 0 radical (unpaired) electrons. The third-order valence-corrected chi connectivity index (χ3v) is 15.2. The quantitative estimate of drug-likeness (QED) is 0.674. The SMILES string of the molecule is Cl[PH]1([PH]2(Cl)OCCO2)OCCO1. The van der Waals surface area contributed by atoms with Gasteiger partial charge in [0.2, 0.25) is 0 Å².